The minimum atomic E-state index is -0.193. The second-order valence-corrected chi connectivity index (χ2v) is 8.04. The molecule has 0 rings (SSSR count). The molecule has 0 spiro atoms. The topological polar surface area (TPSA) is 38.3 Å². The Kier molecular flexibility index (Phi) is 30.3. The van der Waals surface area contributed by atoms with Crippen molar-refractivity contribution in [2.24, 2.45) is 0 Å². The van der Waals surface area contributed by atoms with Gasteiger partial charge in [-0.25, -0.2) is 0 Å². The largest absolute Gasteiger partial charge is 0.466 e. The first-order valence-corrected chi connectivity index (χ1v) is 12.5. The lowest BCUT2D eigenvalue weighted by atomic mass is 10.1. The van der Waals surface area contributed by atoms with Crippen LogP contribution in [0.4, 0.5) is 0 Å². The van der Waals surface area contributed by atoms with Gasteiger partial charge in [0.1, 0.15) is 0 Å². The Morgan fingerprint density at radius 2 is 0.929 bits per heavy atom. The van der Waals surface area contributed by atoms with Gasteiger partial charge in [0.25, 0.3) is 0 Å². The van der Waals surface area contributed by atoms with E-state index in [0.717, 1.165) is 6.42 Å². The second-order valence-electron chi connectivity index (χ2n) is 8.04. The van der Waals surface area contributed by atoms with Crippen LogP contribution in [0.1, 0.15) is 137 Å². The van der Waals surface area contributed by atoms with E-state index in [9.17, 15) is 4.79 Å². The van der Waals surface area contributed by atoms with Crippen LogP contribution in [0.15, 0.2) is 0 Å². The maximum absolute atomic E-state index is 9.98. The maximum atomic E-state index is 9.98. The highest BCUT2D eigenvalue weighted by molar-refractivity contribution is 5.65. The monoisotopic (exact) mass is 399 g/mol. The Labute approximate surface area is 177 Å². The van der Waals surface area contributed by atoms with Crippen LogP contribution >= 0.6 is 0 Å². The molecule has 3 heteroatoms. The zero-order valence-electron chi connectivity index (χ0n) is 20.0. The van der Waals surface area contributed by atoms with Crippen molar-refractivity contribution in [3.05, 3.63) is 0 Å². The van der Waals surface area contributed by atoms with E-state index in [4.69, 9.17) is 0 Å². The predicted molar refractivity (Wildman–Crippen MR) is 125 cm³/mol. The predicted octanol–water partition coefficient (Wildman–Crippen LogP) is 7.82. The third-order valence-electron chi connectivity index (χ3n) is 4.92. The van der Waals surface area contributed by atoms with E-state index < -0.39 is 0 Å². The minimum absolute atomic E-state index is 0.193. The van der Waals surface area contributed by atoms with Crippen LogP contribution in [0.25, 0.3) is 0 Å². The number of rotatable bonds is 20. The summed E-state index contributed by atoms with van der Waals surface area (Å²) in [6, 6.07) is 0. The van der Waals surface area contributed by atoms with Crippen LogP contribution < -0.4 is 5.32 Å². The maximum Gasteiger partial charge on any atom is 0.302 e. The fourth-order valence-corrected chi connectivity index (χ4v) is 3.14. The summed E-state index contributed by atoms with van der Waals surface area (Å²) in [7, 11) is 0. The molecule has 0 aromatic heterocycles. The molecule has 0 aliphatic rings. The Balaban J connectivity index is 0. The summed E-state index contributed by atoms with van der Waals surface area (Å²) in [5, 5.41) is 3.61. The Morgan fingerprint density at radius 1 is 0.571 bits per heavy atom. The Hall–Kier alpha value is -0.570. The van der Waals surface area contributed by atoms with E-state index in [2.05, 4.69) is 23.9 Å². The molecule has 0 bridgehead atoms. The first kappa shape index (κ1) is 29.6. The summed E-state index contributed by atoms with van der Waals surface area (Å²) < 4.78 is 4.55. The molecule has 28 heavy (non-hydrogen) atoms. The molecular formula is C25H53NO2. The first-order chi connectivity index (χ1) is 13.7. The van der Waals surface area contributed by atoms with E-state index in [-0.39, 0.29) is 5.97 Å². The average molecular weight is 400 g/mol. The number of carbonyl (C=O) groups is 1. The molecular weight excluding hydrogens is 346 g/mol. The smallest absolute Gasteiger partial charge is 0.302 e. The van der Waals surface area contributed by atoms with Crippen LogP contribution in [0.3, 0.4) is 0 Å². The molecule has 1 N–H and O–H groups in total. The van der Waals surface area contributed by atoms with E-state index >= 15 is 0 Å². The molecule has 0 saturated heterocycles. The number of hydrogen-bond donors (Lipinski definition) is 1. The molecule has 170 valence electrons. The lowest BCUT2D eigenvalue weighted by molar-refractivity contribution is -0.140. The van der Waals surface area contributed by atoms with Gasteiger partial charge in [0.05, 0.1) is 6.61 Å². The highest BCUT2D eigenvalue weighted by atomic mass is 16.5. The van der Waals surface area contributed by atoms with Crippen molar-refractivity contribution in [2.75, 3.05) is 19.7 Å². The van der Waals surface area contributed by atoms with Crippen molar-refractivity contribution in [1.29, 1.82) is 0 Å². The summed E-state index contributed by atoms with van der Waals surface area (Å²) >= 11 is 0. The van der Waals surface area contributed by atoms with E-state index in [0.29, 0.717) is 6.61 Å². The Morgan fingerprint density at radius 3 is 1.21 bits per heavy atom. The standard InChI is InChI=1S/C20H43N.C5H10O2/c1-3-5-7-9-11-13-15-17-19-21-20-18-16-14-12-10-8-6-4-2;1-3-4-7-5(2)6/h21H,3-20H2,1-2H3;3-4H2,1-2H3. The molecule has 0 fully saturated rings. The number of carbonyl (C=O) groups excluding carboxylic acids is 1. The van der Waals surface area contributed by atoms with Gasteiger partial charge >= 0.3 is 5.97 Å². The summed E-state index contributed by atoms with van der Waals surface area (Å²) in [6.07, 6.45) is 23.7. The summed E-state index contributed by atoms with van der Waals surface area (Å²) in [4.78, 5) is 9.98. The summed E-state index contributed by atoms with van der Waals surface area (Å²) in [6.45, 7) is 11.0. The number of ether oxygens (including phenoxy) is 1. The first-order valence-electron chi connectivity index (χ1n) is 12.5. The van der Waals surface area contributed by atoms with Gasteiger partial charge in [-0.15, -0.1) is 0 Å². The van der Waals surface area contributed by atoms with Gasteiger partial charge in [-0.05, 0) is 32.4 Å². The van der Waals surface area contributed by atoms with Crippen molar-refractivity contribution in [2.45, 2.75) is 137 Å². The minimum Gasteiger partial charge on any atom is -0.466 e. The third kappa shape index (κ3) is 33.0. The van der Waals surface area contributed by atoms with Crippen molar-refractivity contribution >= 4 is 5.97 Å². The molecule has 0 saturated carbocycles. The molecule has 0 aromatic rings. The lowest BCUT2D eigenvalue weighted by Crippen LogP contribution is -2.16. The average Bonchev–Trinajstić information content (AvgIpc) is 2.69. The van der Waals surface area contributed by atoms with Gasteiger partial charge in [-0.1, -0.05) is 111 Å². The van der Waals surface area contributed by atoms with Gasteiger partial charge in [0, 0.05) is 6.92 Å². The molecule has 0 aromatic carbocycles. The third-order valence-corrected chi connectivity index (χ3v) is 4.92. The molecule has 0 aliphatic heterocycles. The van der Waals surface area contributed by atoms with Gasteiger partial charge in [-0.2, -0.15) is 0 Å². The number of unbranched alkanes of at least 4 members (excludes halogenated alkanes) is 14. The molecule has 0 heterocycles. The second kappa shape index (κ2) is 28.6. The van der Waals surface area contributed by atoms with Gasteiger partial charge in [0.15, 0.2) is 0 Å². The highest BCUT2D eigenvalue weighted by Crippen LogP contribution is 2.09. The molecule has 0 atom stereocenters. The molecule has 0 aliphatic carbocycles. The van der Waals surface area contributed by atoms with E-state index in [1.165, 1.54) is 123 Å². The van der Waals surface area contributed by atoms with Crippen LogP contribution in [0.2, 0.25) is 0 Å². The van der Waals surface area contributed by atoms with E-state index in [1.807, 2.05) is 6.92 Å². The summed E-state index contributed by atoms with van der Waals surface area (Å²) in [5.41, 5.74) is 0. The van der Waals surface area contributed by atoms with Gasteiger partial charge in [0.2, 0.25) is 0 Å². The molecule has 0 unspecified atom stereocenters. The van der Waals surface area contributed by atoms with Gasteiger partial charge in [-0.3, -0.25) is 4.79 Å². The van der Waals surface area contributed by atoms with Crippen LogP contribution in [0, 0.1) is 0 Å². The quantitative estimate of drug-likeness (QED) is 0.167. The van der Waals surface area contributed by atoms with Gasteiger partial charge < -0.3 is 10.1 Å². The number of hydrogen-bond acceptors (Lipinski definition) is 3. The molecule has 0 amide bonds. The zero-order valence-corrected chi connectivity index (χ0v) is 20.0. The summed E-state index contributed by atoms with van der Waals surface area (Å²) in [5.74, 6) is -0.193. The van der Waals surface area contributed by atoms with Crippen LogP contribution in [-0.4, -0.2) is 25.7 Å². The molecule has 3 nitrogen and oxygen atoms in total. The van der Waals surface area contributed by atoms with Crippen LogP contribution in [0.5, 0.6) is 0 Å². The number of nitrogens with one attached hydrogen (secondary N) is 1. The fourth-order valence-electron chi connectivity index (χ4n) is 3.14. The van der Waals surface area contributed by atoms with Crippen LogP contribution in [-0.2, 0) is 9.53 Å². The zero-order chi connectivity index (χ0) is 21.1. The van der Waals surface area contributed by atoms with Crippen molar-refractivity contribution < 1.29 is 9.53 Å². The normalized spacial score (nSPS) is 10.4. The van der Waals surface area contributed by atoms with Crippen molar-refractivity contribution in [1.82, 2.24) is 5.32 Å². The number of esters is 1. The lowest BCUT2D eigenvalue weighted by Gasteiger charge is -2.05. The SMILES string of the molecule is CCCCCCCCCCNCCCCCCCCCC.CCCOC(C)=O. The van der Waals surface area contributed by atoms with Crippen molar-refractivity contribution in [3.63, 3.8) is 0 Å². The van der Waals surface area contributed by atoms with Crippen molar-refractivity contribution in [3.8, 4) is 0 Å². The molecule has 0 radical (unpaired) electrons. The Bertz CT molecular complexity index is 264. The van der Waals surface area contributed by atoms with E-state index in [1.54, 1.807) is 0 Å². The highest BCUT2D eigenvalue weighted by Gasteiger charge is 1.93. The fraction of sp³-hybridized carbons (Fsp3) is 0.960.